The third-order valence-corrected chi connectivity index (χ3v) is 7.04. The van der Waals surface area contributed by atoms with Gasteiger partial charge in [-0.2, -0.15) is 11.8 Å². The largest absolute Gasteiger partial charge is 0.480 e. The number of carbonyl (C=O) groups excluding carboxylic acids is 3. The van der Waals surface area contributed by atoms with E-state index in [0.29, 0.717) is 11.4 Å². The van der Waals surface area contributed by atoms with Crippen LogP contribution < -0.4 is 21.7 Å². The molecule has 0 fully saturated rings. The molecule has 0 aliphatic rings. The summed E-state index contributed by atoms with van der Waals surface area (Å²) in [6, 6.07) is 2.69. The van der Waals surface area contributed by atoms with Gasteiger partial charge in [0.2, 0.25) is 17.7 Å². The molecule has 3 rings (SSSR count). The van der Waals surface area contributed by atoms with Gasteiger partial charge in [0.25, 0.3) is 0 Å². The maximum absolute atomic E-state index is 13.3. The summed E-state index contributed by atoms with van der Waals surface area (Å²) in [5.41, 5.74) is 7.85. The maximum atomic E-state index is 13.3. The average Bonchev–Trinajstić information content (AvgIpc) is 3.59. The number of aromatic nitrogens is 3. The first-order chi connectivity index (χ1) is 19.1. The molecule has 2 heterocycles. The second-order valence-electron chi connectivity index (χ2n) is 9.41. The summed E-state index contributed by atoms with van der Waals surface area (Å²) >= 11 is 1.46. The Balaban J connectivity index is 1.75. The number of fused-ring (bicyclic) bond motifs is 1. The van der Waals surface area contributed by atoms with E-state index in [1.54, 1.807) is 6.20 Å². The van der Waals surface area contributed by atoms with Crippen LogP contribution in [0.1, 0.15) is 24.6 Å². The zero-order chi connectivity index (χ0) is 29.2. The lowest BCUT2D eigenvalue weighted by Crippen LogP contribution is -2.58. The predicted molar refractivity (Wildman–Crippen MR) is 150 cm³/mol. The first-order valence-electron chi connectivity index (χ1n) is 12.7. The van der Waals surface area contributed by atoms with Crippen molar-refractivity contribution in [3.05, 3.63) is 54.2 Å². The summed E-state index contributed by atoms with van der Waals surface area (Å²) in [6.07, 6.45) is 5.57. The Hall–Kier alpha value is -3.88. The molecule has 13 nitrogen and oxygen atoms in total. The number of carbonyl (C=O) groups is 4. The van der Waals surface area contributed by atoms with E-state index < -0.39 is 54.0 Å². The van der Waals surface area contributed by atoms with Crippen molar-refractivity contribution in [2.75, 3.05) is 12.0 Å². The number of hydrogen-bond donors (Lipinski definition) is 8. The number of aromatic amines is 2. The van der Waals surface area contributed by atoms with Crippen LogP contribution in [0.3, 0.4) is 0 Å². The molecule has 0 aliphatic carbocycles. The fraction of sp³-hybridized carbons (Fsp3) is 0.423. The fourth-order valence-electron chi connectivity index (χ4n) is 4.08. The highest BCUT2D eigenvalue weighted by Gasteiger charge is 2.31. The molecule has 14 heteroatoms. The van der Waals surface area contributed by atoms with E-state index in [2.05, 4.69) is 30.9 Å². The Kier molecular flexibility index (Phi) is 11.1. The van der Waals surface area contributed by atoms with E-state index >= 15 is 0 Å². The van der Waals surface area contributed by atoms with Crippen molar-refractivity contribution in [2.24, 2.45) is 5.73 Å². The molecule has 1 aromatic carbocycles. The molecule has 0 aliphatic heterocycles. The molecule has 0 saturated carbocycles. The van der Waals surface area contributed by atoms with E-state index in [1.165, 1.54) is 31.2 Å². The van der Waals surface area contributed by atoms with Gasteiger partial charge in [0.05, 0.1) is 12.4 Å². The van der Waals surface area contributed by atoms with E-state index in [4.69, 9.17) is 5.73 Å². The lowest BCUT2D eigenvalue weighted by atomic mass is 10.0. The molecule has 2 aromatic heterocycles. The second-order valence-corrected chi connectivity index (χ2v) is 10.4. The van der Waals surface area contributed by atoms with Gasteiger partial charge in [-0.1, -0.05) is 18.2 Å². The number of aliphatic hydroxyl groups excluding tert-OH is 1. The SMILES string of the molecule is CSCCC(NC(=O)C(Cc1cnc[nH]1)NC(=O)C(N)C(C)O)C(=O)NC(Cc1c[nH]c2ccccc12)C(=O)O. The average molecular weight is 574 g/mol. The molecule has 3 amide bonds. The van der Waals surface area contributed by atoms with E-state index in [9.17, 15) is 29.4 Å². The lowest BCUT2D eigenvalue weighted by Gasteiger charge is -2.25. The highest BCUT2D eigenvalue weighted by Crippen LogP contribution is 2.19. The van der Waals surface area contributed by atoms with Gasteiger partial charge >= 0.3 is 5.97 Å². The summed E-state index contributed by atoms with van der Waals surface area (Å²) < 4.78 is 0. The quantitative estimate of drug-likeness (QED) is 0.119. The zero-order valence-electron chi connectivity index (χ0n) is 22.2. The van der Waals surface area contributed by atoms with Crippen molar-refractivity contribution < 1.29 is 29.4 Å². The summed E-state index contributed by atoms with van der Waals surface area (Å²) in [7, 11) is 0. The van der Waals surface area contributed by atoms with Crippen LogP contribution in [0.2, 0.25) is 0 Å². The number of rotatable bonds is 15. The number of thioether (sulfide) groups is 1. The van der Waals surface area contributed by atoms with Crippen LogP contribution in [-0.2, 0) is 32.0 Å². The molecule has 0 saturated heterocycles. The smallest absolute Gasteiger partial charge is 0.326 e. The summed E-state index contributed by atoms with van der Waals surface area (Å²) in [5.74, 6) is -2.80. The monoisotopic (exact) mass is 573 g/mol. The molecule has 0 radical (unpaired) electrons. The normalized spacial score (nSPS) is 15.0. The van der Waals surface area contributed by atoms with Crippen LogP contribution in [0.5, 0.6) is 0 Å². The van der Waals surface area contributed by atoms with Crippen molar-refractivity contribution in [3.8, 4) is 0 Å². The Morgan fingerprint density at radius 2 is 1.68 bits per heavy atom. The van der Waals surface area contributed by atoms with Crippen LogP contribution in [0, 0.1) is 0 Å². The number of carboxylic acid groups (broad SMARTS) is 1. The molecule has 216 valence electrons. The third kappa shape index (κ3) is 8.31. The minimum Gasteiger partial charge on any atom is -0.480 e. The number of nitrogens with zero attached hydrogens (tertiary/aromatic N) is 1. The number of hydrogen-bond acceptors (Lipinski definition) is 8. The number of imidazole rings is 1. The first-order valence-corrected chi connectivity index (χ1v) is 14.1. The Bertz CT molecular complexity index is 1300. The standard InChI is InChI=1S/C26H35N7O6S/c1-14(34)22(27)25(37)32-20(10-16-12-28-13-30-16)24(36)31-19(7-8-40-2)23(35)33-21(26(38)39)9-15-11-29-18-6-4-3-5-17(15)18/h3-6,11-14,19-22,29,34H,7-10,27H2,1-2H3,(H,28,30)(H,31,36)(H,32,37)(H,33,35)(H,38,39). The number of amides is 3. The molecule has 0 bridgehead atoms. The van der Waals surface area contributed by atoms with Crippen LogP contribution in [-0.4, -0.2) is 91.1 Å². The van der Waals surface area contributed by atoms with Gasteiger partial charge in [-0.3, -0.25) is 14.4 Å². The van der Waals surface area contributed by atoms with Crippen LogP contribution >= 0.6 is 11.8 Å². The van der Waals surface area contributed by atoms with Crippen LogP contribution in [0.4, 0.5) is 0 Å². The highest BCUT2D eigenvalue weighted by molar-refractivity contribution is 7.98. The van der Waals surface area contributed by atoms with Crippen LogP contribution in [0.15, 0.2) is 43.0 Å². The van der Waals surface area contributed by atoms with Gasteiger partial charge in [0, 0.05) is 41.8 Å². The molecule has 40 heavy (non-hydrogen) atoms. The Morgan fingerprint density at radius 1 is 1.00 bits per heavy atom. The molecule has 5 unspecified atom stereocenters. The number of nitrogens with one attached hydrogen (secondary N) is 5. The Morgan fingerprint density at radius 3 is 2.33 bits per heavy atom. The number of H-pyrrole nitrogens is 2. The number of aliphatic carboxylic acids is 1. The predicted octanol–water partition coefficient (Wildman–Crippen LogP) is -0.324. The van der Waals surface area contributed by atoms with Gasteiger partial charge in [-0.25, -0.2) is 9.78 Å². The molecular weight excluding hydrogens is 538 g/mol. The molecule has 0 spiro atoms. The van der Waals surface area contributed by atoms with Gasteiger partial charge in [0.1, 0.15) is 24.2 Å². The summed E-state index contributed by atoms with van der Waals surface area (Å²) in [5, 5.41) is 28.1. The van der Waals surface area contributed by atoms with Gasteiger partial charge in [-0.05, 0) is 37.0 Å². The fourth-order valence-corrected chi connectivity index (χ4v) is 4.55. The number of benzene rings is 1. The third-order valence-electron chi connectivity index (χ3n) is 6.39. The molecule has 5 atom stereocenters. The number of carboxylic acids is 1. The highest BCUT2D eigenvalue weighted by atomic mass is 32.2. The maximum Gasteiger partial charge on any atom is 0.326 e. The van der Waals surface area contributed by atoms with Gasteiger partial charge < -0.3 is 41.9 Å². The van der Waals surface area contributed by atoms with E-state index in [1.807, 2.05) is 30.5 Å². The van der Waals surface area contributed by atoms with E-state index in [-0.39, 0.29) is 19.3 Å². The van der Waals surface area contributed by atoms with Crippen molar-refractivity contribution in [2.45, 2.75) is 56.5 Å². The van der Waals surface area contributed by atoms with E-state index in [0.717, 1.165) is 16.5 Å². The van der Waals surface area contributed by atoms with Crippen LogP contribution in [0.25, 0.3) is 10.9 Å². The van der Waals surface area contributed by atoms with Crippen molar-refractivity contribution in [1.82, 2.24) is 30.9 Å². The zero-order valence-corrected chi connectivity index (χ0v) is 23.0. The first kappa shape index (κ1) is 30.7. The second kappa shape index (κ2) is 14.5. The minimum absolute atomic E-state index is 0.0132. The minimum atomic E-state index is -1.27. The topological polar surface area (TPSA) is 215 Å². The van der Waals surface area contributed by atoms with Crippen molar-refractivity contribution in [1.29, 1.82) is 0 Å². The molecule has 3 aromatic rings. The Labute approximate surface area is 235 Å². The summed E-state index contributed by atoms with van der Waals surface area (Å²) in [4.78, 5) is 61.1. The van der Waals surface area contributed by atoms with Crippen molar-refractivity contribution in [3.63, 3.8) is 0 Å². The number of para-hydroxylation sites is 1. The van der Waals surface area contributed by atoms with Gasteiger partial charge in [-0.15, -0.1) is 0 Å². The van der Waals surface area contributed by atoms with Gasteiger partial charge in [0.15, 0.2) is 0 Å². The lowest BCUT2D eigenvalue weighted by molar-refractivity contribution is -0.142. The van der Waals surface area contributed by atoms with Crippen molar-refractivity contribution >= 4 is 46.4 Å². The summed E-state index contributed by atoms with van der Waals surface area (Å²) in [6.45, 7) is 1.35. The number of nitrogens with two attached hydrogens (primary N) is 1. The molecule has 9 N–H and O–H groups in total. The molecular formula is C26H35N7O6S. The number of aliphatic hydroxyl groups is 1.